The largest absolute Gasteiger partial charge is 0.872 e. The third-order valence-electron chi connectivity index (χ3n) is 13.7. The quantitative estimate of drug-likeness (QED) is 0.0395. The molecule has 0 radical (unpaired) electrons. The fourth-order valence-electron chi connectivity index (χ4n) is 8.78. The van der Waals surface area contributed by atoms with Gasteiger partial charge >= 0.3 is 0 Å². The monoisotopic (exact) mass is 1350 g/mol. The molecule has 2 N–H and O–H groups in total. The highest BCUT2D eigenvalue weighted by atomic mass is 32.2. The van der Waals surface area contributed by atoms with Crippen molar-refractivity contribution in [2.24, 2.45) is 9.98 Å². The lowest BCUT2D eigenvalue weighted by Crippen LogP contribution is -2.36. The Morgan fingerprint density at radius 2 is 0.565 bits per heavy atom. The Hall–Kier alpha value is -6.66. The number of hydrogen-bond acceptors (Lipinski definition) is 18. The zero-order valence-corrected chi connectivity index (χ0v) is 59.3. The first-order chi connectivity index (χ1) is 42.2. The van der Waals surface area contributed by atoms with E-state index in [0.717, 1.165) is 92.0 Å². The van der Waals surface area contributed by atoms with E-state index in [9.17, 15) is 62.1 Å². The molecule has 6 aromatic rings. The number of anilines is 2. The summed E-state index contributed by atoms with van der Waals surface area (Å²) in [4.78, 5) is 9.13. The second kappa shape index (κ2) is 34.0. The minimum atomic E-state index is -4.27. The number of nitrogens with zero attached hydrogens (tertiary/aromatic N) is 6. The van der Waals surface area contributed by atoms with Crippen LogP contribution in [0.1, 0.15) is 59.1 Å². The minimum absolute atomic E-state index is 0.155. The summed E-state index contributed by atoms with van der Waals surface area (Å²) < 4.78 is 128. The molecule has 26 heteroatoms. The SMILES string of the molecule is C[N+](C)(C)CCCN=C1C=CC(=NCCC[N+](C)(C)C)c2c1c([O-])c1c(NCCC[N+](C)(C)C)ccc(NCCC[N+](C)(C)C)c1c2[O-].Cc1ccc(S(=O)(=O)[O-])cc1.Cc1ccc(S(=O)(=O)[O-])cc1.Cc1ccc(S(=O)(=O)[O-])cc1.Cc1ccc(S(=O)(=O)[O-])cc1. The van der Waals surface area contributed by atoms with E-state index in [1.54, 1.807) is 48.5 Å². The van der Waals surface area contributed by atoms with Crippen molar-refractivity contribution in [3.63, 3.8) is 0 Å². The summed E-state index contributed by atoms with van der Waals surface area (Å²) in [6.45, 7) is 13.8. The molecule has 7 rings (SSSR count). The van der Waals surface area contributed by atoms with Gasteiger partial charge in [-0.05, 0) is 111 Å². The van der Waals surface area contributed by atoms with Gasteiger partial charge in [0.05, 0.1) is 142 Å². The minimum Gasteiger partial charge on any atom is -0.872 e. The maximum absolute atomic E-state index is 14.8. The van der Waals surface area contributed by atoms with Crippen LogP contribution in [-0.2, 0) is 40.5 Å². The summed E-state index contributed by atoms with van der Waals surface area (Å²) in [6.07, 6.45) is 7.42. The highest BCUT2D eigenvalue weighted by Gasteiger charge is 2.24. The molecule has 1 aliphatic carbocycles. The fourth-order valence-corrected chi connectivity index (χ4v) is 10.7. The third-order valence-corrected chi connectivity index (χ3v) is 17.1. The highest BCUT2D eigenvalue weighted by Crippen LogP contribution is 2.46. The summed E-state index contributed by atoms with van der Waals surface area (Å²) in [5, 5.41) is 37.5. The zero-order chi connectivity index (χ0) is 69.8. The summed E-state index contributed by atoms with van der Waals surface area (Å²) in [7, 11) is 8.98. The van der Waals surface area contributed by atoms with Crippen molar-refractivity contribution < 1.29 is 80.0 Å². The van der Waals surface area contributed by atoms with Gasteiger partial charge in [-0.2, -0.15) is 0 Å². The molecular formula is C66H94N8O14S4-2. The summed E-state index contributed by atoms with van der Waals surface area (Å²) in [5.74, 6) is -0.310. The summed E-state index contributed by atoms with van der Waals surface area (Å²) in [6, 6.07) is 27.0. The first-order valence-electron chi connectivity index (χ1n) is 29.7. The van der Waals surface area contributed by atoms with Crippen molar-refractivity contribution in [2.75, 3.05) is 148 Å². The molecule has 0 fully saturated rings. The molecule has 0 amide bonds. The molecule has 0 atom stereocenters. The molecule has 0 heterocycles. The van der Waals surface area contributed by atoms with Gasteiger partial charge in [0.25, 0.3) is 0 Å². The molecule has 0 aromatic heterocycles. The fraction of sp³-hybridized carbons (Fsp3) is 0.424. The predicted octanol–water partition coefficient (Wildman–Crippen LogP) is 6.94. The predicted molar refractivity (Wildman–Crippen MR) is 358 cm³/mol. The van der Waals surface area contributed by atoms with E-state index in [4.69, 9.17) is 9.98 Å². The molecule has 508 valence electrons. The Balaban J connectivity index is 0.000000395. The van der Waals surface area contributed by atoms with Crippen molar-refractivity contribution in [2.45, 2.75) is 73.0 Å². The van der Waals surface area contributed by atoms with Crippen LogP contribution in [0.25, 0.3) is 10.8 Å². The smallest absolute Gasteiger partial charge is 0.124 e. The molecule has 0 unspecified atom stereocenters. The standard InChI is InChI=1S/C38H66N8O2.4C7H8O3S/c1-43(2,3)25-13-21-39-29-17-18-30(40-22-14-26-44(4,5)6)34-33(29)37(47)35-31(41-23-15-27-45(7,8)9)19-20-32(36(35)38(34)48)42-24-16-28-46(10,11)12;4*1-6-2-4-7(5-3-6)11(8,9)10/h17-20H,13-16,21-28H2,1-12H3,(H2-2,39,40,41,42,47,48);4*2-5H,1H3,(H,8,9,10)/q+2;;;;/p-4. The zero-order valence-electron chi connectivity index (χ0n) is 56.1. The first kappa shape index (κ1) is 79.6. The lowest BCUT2D eigenvalue weighted by molar-refractivity contribution is -0.870. The summed E-state index contributed by atoms with van der Waals surface area (Å²) >= 11 is 0. The van der Waals surface area contributed by atoms with Gasteiger partial charge in [-0.25, -0.2) is 33.7 Å². The van der Waals surface area contributed by atoms with Crippen LogP contribution in [0, 0.1) is 27.7 Å². The average Bonchev–Trinajstić information content (AvgIpc) is 0.792. The van der Waals surface area contributed by atoms with Crippen molar-refractivity contribution in [1.29, 1.82) is 0 Å². The summed E-state index contributed by atoms with van der Waals surface area (Å²) in [5.41, 5.74) is 7.06. The van der Waals surface area contributed by atoms with Crippen LogP contribution in [0.2, 0.25) is 0 Å². The molecule has 22 nitrogen and oxygen atoms in total. The van der Waals surface area contributed by atoms with Crippen LogP contribution in [0.5, 0.6) is 11.5 Å². The number of fused-ring (bicyclic) bond motifs is 2. The van der Waals surface area contributed by atoms with Gasteiger partial charge in [-0.3, -0.25) is 9.98 Å². The van der Waals surface area contributed by atoms with Gasteiger partial charge < -0.3 is 57.0 Å². The topological polar surface area (TPSA) is 324 Å². The molecule has 92 heavy (non-hydrogen) atoms. The van der Waals surface area contributed by atoms with Gasteiger partial charge in [0.1, 0.15) is 40.5 Å². The Kier molecular flexibility index (Phi) is 29.4. The van der Waals surface area contributed by atoms with Gasteiger partial charge in [0.15, 0.2) is 0 Å². The molecule has 0 saturated carbocycles. The van der Waals surface area contributed by atoms with E-state index in [2.05, 4.69) is 95.2 Å². The Morgan fingerprint density at radius 1 is 0.348 bits per heavy atom. The molecule has 6 aromatic carbocycles. The molecular weight excluding hydrogens is 1260 g/mol. The van der Waals surface area contributed by atoms with Crippen LogP contribution >= 0.6 is 0 Å². The van der Waals surface area contributed by atoms with Crippen LogP contribution in [0.4, 0.5) is 11.4 Å². The van der Waals surface area contributed by atoms with Crippen molar-refractivity contribution in [3.8, 4) is 11.5 Å². The van der Waals surface area contributed by atoms with Crippen molar-refractivity contribution >= 4 is 74.0 Å². The van der Waals surface area contributed by atoms with Crippen LogP contribution in [0.15, 0.2) is 151 Å². The number of rotatable bonds is 22. The third kappa shape index (κ3) is 29.1. The number of aliphatic imine (C=N–C) groups is 2. The van der Waals surface area contributed by atoms with Gasteiger partial charge in [-0.15, -0.1) is 0 Å². The van der Waals surface area contributed by atoms with E-state index < -0.39 is 40.5 Å². The maximum Gasteiger partial charge on any atom is 0.124 e. The molecule has 0 spiro atoms. The highest BCUT2D eigenvalue weighted by molar-refractivity contribution is 7.86. The molecule has 0 saturated heterocycles. The van der Waals surface area contributed by atoms with E-state index in [1.165, 1.54) is 48.5 Å². The first-order valence-corrected chi connectivity index (χ1v) is 35.4. The van der Waals surface area contributed by atoms with Crippen LogP contribution < -0.4 is 20.8 Å². The second-order valence-corrected chi connectivity index (χ2v) is 32.1. The average molecular weight is 1350 g/mol. The normalized spacial score (nSPS) is 13.7. The number of quaternary nitrogens is 4. The number of allylic oxidation sites excluding steroid dienone is 2. The lowest BCUT2D eigenvalue weighted by atomic mass is 9.87. The molecule has 0 bridgehead atoms. The molecule has 0 aliphatic heterocycles. The van der Waals surface area contributed by atoms with Gasteiger partial charge in [-0.1, -0.05) is 82.3 Å². The van der Waals surface area contributed by atoms with Crippen molar-refractivity contribution in [1.82, 2.24) is 0 Å². The number of nitrogens with one attached hydrogen (secondary N) is 2. The van der Waals surface area contributed by atoms with Gasteiger partial charge in [0.2, 0.25) is 0 Å². The number of benzene rings is 6. The van der Waals surface area contributed by atoms with Crippen LogP contribution in [-0.4, -0.2) is 218 Å². The number of aryl methyl sites for hydroxylation is 4. The Labute approximate surface area is 547 Å². The Morgan fingerprint density at radius 3 is 0.772 bits per heavy atom. The van der Waals surface area contributed by atoms with Gasteiger partial charge in [0, 0.05) is 74.4 Å². The van der Waals surface area contributed by atoms with E-state index in [1.807, 2.05) is 52.0 Å². The number of hydrogen-bond donors (Lipinski definition) is 2. The molecule has 1 aliphatic rings. The van der Waals surface area contributed by atoms with E-state index in [-0.39, 0.29) is 31.1 Å². The van der Waals surface area contributed by atoms with E-state index in [0.29, 0.717) is 70.9 Å². The van der Waals surface area contributed by atoms with Crippen molar-refractivity contribution in [3.05, 3.63) is 155 Å². The van der Waals surface area contributed by atoms with E-state index >= 15 is 0 Å². The second-order valence-electron chi connectivity index (χ2n) is 26.6. The van der Waals surface area contributed by atoms with Crippen LogP contribution in [0.3, 0.4) is 0 Å². The maximum atomic E-state index is 14.8. The lowest BCUT2D eigenvalue weighted by Gasteiger charge is -2.32. The Bertz CT molecular complexity index is 3540.